The summed E-state index contributed by atoms with van der Waals surface area (Å²) in [6, 6.07) is 18.8. The van der Waals surface area contributed by atoms with Gasteiger partial charge in [0.05, 0.1) is 26.8 Å². The standard InChI is InChI=1S/C25H26N4O6S/c1-18(2)16-26-25(31)22-13-6-7-14-23(22)27-24(30)17-28(19-9-8-10-20(15-19)29(32)33)36(34,35)21-11-4-3-5-12-21/h3-15,18H,16-17H2,1-2H3,(H,26,31)(H,27,30). The first-order valence-corrected chi connectivity index (χ1v) is 12.5. The van der Waals surface area contributed by atoms with Crippen LogP contribution in [0.2, 0.25) is 0 Å². The van der Waals surface area contributed by atoms with E-state index < -0.39 is 27.4 Å². The average molecular weight is 511 g/mol. The molecule has 188 valence electrons. The van der Waals surface area contributed by atoms with Gasteiger partial charge in [0, 0.05) is 18.7 Å². The molecule has 3 aromatic rings. The van der Waals surface area contributed by atoms with Crippen LogP contribution >= 0.6 is 0 Å². The van der Waals surface area contributed by atoms with Crippen LogP contribution in [0.5, 0.6) is 0 Å². The number of carbonyl (C=O) groups is 2. The molecule has 0 spiro atoms. The molecule has 0 saturated carbocycles. The van der Waals surface area contributed by atoms with Gasteiger partial charge in [-0.05, 0) is 36.2 Å². The largest absolute Gasteiger partial charge is 0.352 e. The topological polar surface area (TPSA) is 139 Å². The average Bonchev–Trinajstić information content (AvgIpc) is 2.86. The van der Waals surface area contributed by atoms with Crippen LogP contribution in [0.3, 0.4) is 0 Å². The van der Waals surface area contributed by atoms with Crippen molar-refractivity contribution < 1.29 is 22.9 Å². The highest BCUT2D eigenvalue weighted by atomic mass is 32.2. The van der Waals surface area contributed by atoms with Crippen LogP contribution in [0.4, 0.5) is 17.1 Å². The van der Waals surface area contributed by atoms with E-state index in [9.17, 15) is 28.1 Å². The summed E-state index contributed by atoms with van der Waals surface area (Å²) in [5, 5.41) is 16.7. The highest BCUT2D eigenvalue weighted by Crippen LogP contribution is 2.27. The first-order valence-electron chi connectivity index (χ1n) is 11.1. The van der Waals surface area contributed by atoms with Crippen molar-refractivity contribution >= 4 is 38.9 Å². The SMILES string of the molecule is CC(C)CNC(=O)c1ccccc1NC(=O)CN(c1cccc([N+](=O)[O-])c1)S(=O)(=O)c1ccccc1. The summed E-state index contributed by atoms with van der Waals surface area (Å²) in [5.74, 6) is -0.889. The molecule has 2 amide bonds. The lowest BCUT2D eigenvalue weighted by atomic mass is 10.1. The van der Waals surface area contributed by atoms with E-state index in [1.165, 1.54) is 48.5 Å². The van der Waals surface area contributed by atoms with Crippen molar-refractivity contribution in [1.29, 1.82) is 0 Å². The second kappa shape index (κ2) is 11.5. The van der Waals surface area contributed by atoms with Gasteiger partial charge >= 0.3 is 0 Å². The second-order valence-electron chi connectivity index (χ2n) is 8.30. The maximum Gasteiger partial charge on any atom is 0.271 e. The molecule has 10 nitrogen and oxygen atoms in total. The van der Waals surface area contributed by atoms with E-state index in [-0.39, 0.29) is 39.3 Å². The number of nitro groups is 1. The Kier molecular flexibility index (Phi) is 8.38. The number of benzene rings is 3. The molecule has 36 heavy (non-hydrogen) atoms. The number of hydrogen-bond donors (Lipinski definition) is 2. The van der Waals surface area contributed by atoms with Gasteiger partial charge in [0.1, 0.15) is 6.54 Å². The van der Waals surface area contributed by atoms with Crippen molar-refractivity contribution in [3.63, 3.8) is 0 Å². The summed E-state index contributed by atoms with van der Waals surface area (Å²) in [7, 11) is -4.26. The summed E-state index contributed by atoms with van der Waals surface area (Å²) >= 11 is 0. The number of nitrogens with zero attached hydrogens (tertiary/aromatic N) is 2. The lowest BCUT2D eigenvalue weighted by Gasteiger charge is -2.24. The number of para-hydroxylation sites is 1. The fraction of sp³-hybridized carbons (Fsp3) is 0.200. The van der Waals surface area contributed by atoms with Gasteiger partial charge in [0.2, 0.25) is 5.91 Å². The molecule has 2 N–H and O–H groups in total. The van der Waals surface area contributed by atoms with E-state index in [1.807, 2.05) is 13.8 Å². The molecule has 3 aromatic carbocycles. The molecule has 0 heterocycles. The minimum absolute atomic E-state index is 0.0498. The second-order valence-corrected chi connectivity index (χ2v) is 10.2. The Balaban J connectivity index is 1.93. The maximum atomic E-state index is 13.4. The van der Waals surface area contributed by atoms with Crippen molar-refractivity contribution in [2.75, 3.05) is 22.7 Å². The van der Waals surface area contributed by atoms with Crippen molar-refractivity contribution in [3.05, 3.63) is 94.5 Å². The number of sulfonamides is 1. The number of amides is 2. The number of nitro benzene ring substituents is 1. The van der Waals surface area contributed by atoms with Crippen molar-refractivity contribution in [1.82, 2.24) is 5.32 Å². The normalized spacial score (nSPS) is 11.1. The fourth-order valence-electron chi connectivity index (χ4n) is 3.30. The molecule has 0 atom stereocenters. The molecule has 0 fully saturated rings. The number of nitrogens with one attached hydrogen (secondary N) is 2. The Morgan fingerprint density at radius 2 is 1.64 bits per heavy atom. The van der Waals surface area contributed by atoms with Crippen LogP contribution in [-0.4, -0.2) is 38.2 Å². The monoisotopic (exact) mass is 510 g/mol. The van der Waals surface area contributed by atoms with Crippen LogP contribution in [0.1, 0.15) is 24.2 Å². The molecule has 0 saturated heterocycles. The molecule has 0 radical (unpaired) electrons. The molecule has 0 unspecified atom stereocenters. The van der Waals surface area contributed by atoms with E-state index in [2.05, 4.69) is 10.6 Å². The van der Waals surface area contributed by atoms with Gasteiger partial charge in [-0.25, -0.2) is 8.42 Å². The molecular formula is C25H26N4O6S. The van der Waals surface area contributed by atoms with Crippen LogP contribution < -0.4 is 14.9 Å². The van der Waals surface area contributed by atoms with Gasteiger partial charge in [0.25, 0.3) is 21.6 Å². The molecule has 0 aliphatic rings. The van der Waals surface area contributed by atoms with Crippen LogP contribution in [0, 0.1) is 16.0 Å². The lowest BCUT2D eigenvalue weighted by Crippen LogP contribution is -2.38. The zero-order valence-electron chi connectivity index (χ0n) is 19.7. The van der Waals surface area contributed by atoms with Crippen molar-refractivity contribution in [2.45, 2.75) is 18.7 Å². The third-order valence-corrected chi connectivity index (χ3v) is 6.85. The van der Waals surface area contributed by atoms with Crippen LogP contribution in [-0.2, 0) is 14.8 Å². The third kappa shape index (κ3) is 6.45. The predicted molar refractivity (Wildman–Crippen MR) is 136 cm³/mol. The highest BCUT2D eigenvalue weighted by Gasteiger charge is 2.28. The number of anilines is 2. The number of hydrogen-bond acceptors (Lipinski definition) is 6. The maximum absolute atomic E-state index is 13.4. The first kappa shape index (κ1) is 26.4. The molecule has 3 rings (SSSR count). The first-order chi connectivity index (χ1) is 17.1. The van der Waals surface area contributed by atoms with Crippen LogP contribution in [0.25, 0.3) is 0 Å². The van der Waals surface area contributed by atoms with E-state index in [0.717, 1.165) is 10.4 Å². The zero-order chi connectivity index (χ0) is 26.3. The molecular weight excluding hydrogens is 484 g/mol. The number of rotatable bonds is 10. The molecule has 0 aliphatic carbocycles. The minimum Gasteiger partial charge on any atom is -0.352 e. The predicted octanol–water partition coefficient (Wildman–Crippen LogP) is 3.81. The summed E-state index contributed by atoms with van der Waals surface area (Å²) in [6.45, 7) is 3.66. The Labute approximate surface area is 209 Å². The zero-order valence-corrected chi connectivity index (χ0v) is 20.6. The van der Waals surface area contributed by atoms with Gasteiger partial charge in [0.15, 0.2) is 0 Å². The number of carbonyl (C=O) groups excluding carboxylic acids is 2. The van der Waals surface area contributed by atoms with E-state index >= 15 is 0 Å². The van der Waals surface area contributed by atoms with Gasteiger partial charge in [-0.2, -0.15) is 0 Å². The van der Waals surface area contributed by atoms with Gasteiger partial charge in [-0.3, -0.25) is 24.0 Å². The Morgan fingerprint density at radius 1 is 0.972 bits per heavy atom. The third-order valence-electron chi connectivity index (χ3n) is 5.06. The summed E-state index contributed by atoms with van der Waals surface area (Å²) < 4.78 is 27.7. The smallest absolute Gasteiger partial charge is 0.271 e. The number of non-ortho nitro benzene ring substituents is 1. The van der Waals surface area contributed by atoms with E-state index in [0.29, 0.717) is 6.54 Å². The van der Waals surface area contributed by atoms with Gasteiger partial charge in [-0.1, -0.05) is 50.2 Å². The molecule has 0 aliphatic heterocycles. The highest BCUT2D eigenvalue weighted by molar-refractivity contribution is 7.92. The van der Waals surface area contributed by atoms with E-state index in [1.54, 1.807) is 24.3 Å². The summed E-state index contributed by atoms with van der Waals surface area (Å²) in [5.41, 5.74) is 0.0543. The Morgan fingerprint density at radius 3 is 2.31 bits per heavy atom. The minimum atomic E-state index is -4.26. The summed E-state index contributed by atoms with van der Waals surface area (Å²) in [6.07, 6.45) is 0. The van der Waals surface area contributed by atoms with Gasteiger partial charge < -0.3 is 10.6 Å². The Bertz CT molecular complexity index is 1360. The van der Waals surface area contributed by atoms with Crippen LogP contribution in [0.15, 0.2) is 83.8 Å². The molecule has 11 heteroatoms. The van der Waals surface area contributed by atoms with Crippen molar-refractivity contribution in [2.24, 2.45) is 5.92 Å². The van der Waals surface area contributed by atoms with Gasteiger partial charge in [-0.15, -0.1) is 0 Å². The molecule has 0 bridgehead atoms. The summed E-state index contributed by atoms with van der Waals surface area (Å²) in [4.78, 5) is 36.2. The van der Waals surface area contributed by atoms with Crippen molar-refractivity contribution in [3.8, 4) is 0 Å². The Hall–Kier alpha value is -4.25. The van der Waals surface area contributed by atoms with E-state index in [4.69, 9.17) is 0 Å². The quantitative estimate of drug-likeness (QED) is 0.314. The lowest BCUT2D eigenvalue weighted by molar-refractivity contribution is -0.384. The molecule has 0 aromatic heterocycles. The fourth-order valence-corrected chi connectivity index (χ4v) is 4.73.